The Morgan fingerprint density at radius 1 is 1.39 bits per heavy atom. The molecule has 2 aromatic rings. The molecule has 0 atom stereocenters. The predicted molar refractivity (Wildman–Crippen MR) is 90.8 cm³/mol. The van der Waals surface area contributed by atoms with Gasteiger partial charge in [-0.1, -0.05) is 23.9 Å². The molecule has 0 fully saturated rings. The Hall–Kier alpha value is -1.31. The Balaban J connectivity index is 1.86. The summed E-state index contributed by atoms with van der Waals surface area (Å²) in [4.78, 5) is 18.1. The molecule has 0 radical (unpaired) electrons. The number of halogens is 1. The summed E-state index contributed by atoms with van der Waals surface area (Å²) in [6.45, 7) is 0.955. The van der Waals surface area contributed by atoms with Crippen molar-refractivity contribution in [2.45, 2.75) is 28.8 Å². The van der Waals surface area contributed by atoms with Gasteiger partial charge in [0.1, 0.15) is 5.82 Å². The summed E-state index contributed by atoms with van der Waals surface area (Å²) in [5.41, 5.74) is 1.92. The largest absolute Gasteiger partial charge is 0.383 e. The highest BCUT2D eigenvalue weighted by atomic mass is 32.2. The molecule has 122 valence electrons. The molecule has 4 nitrogen and oxygen atoms in total. The van der Waals surface area contributed by atoms with E-state index in [2.05, 4.69) is 4.98 Å². The smallest absolute Gasteiger partial charge is 0.268 e. The quantitative estimate of drug-likeness (QED) is 0.591. The molecule has 1 aromatic carbocycles. The Labute approximate surface area is 142 Å². The van der Waals surface area contributed by atoms with E-state index in [1.54, 1.807) is 35.6 Å². The van der Waals surface area contributed by atoms with E-state index in [1.807, 2.05) is 0 Å². The minimum atomic E-state index is -0.247. The number of fused-ring (bicyclic) bond motifs is 1. The molecule has 3 rings (SSSR count). The lowest BCUT2D eigenvalue weighted by molar-refractivity contribution is 0.182. The fourth-order valence-corrected chi connectivity index (χ4v) is 4.38. The summed E-state index contributed by atoms with van der Waals surface area (Å²) in [5.74, 6) is 1.31. The van der Waals surface area contributed by atoms with Crippen LogP contribution in [0.5, 0.6) is 0 Å². The number of hydrogen-bond donors (Lipinski definition) is 0. The van der Waals surface area contributed by atoms with Crippen molar-refractivity contribution in [1.29, 1.82) is 0 Å². The second-order valence-electron chi connectivity index (χ2n) is 5.13. The Kier molecular flexibility index (Phi) is 5.40. The van der Waals surface area contributed by atoms with Gasteiger partial charge in [0, 0.05) is 25.0 Å². The number of benzene rings is 1. The molecule has 0 bridgehead atoms. The van der Waals surface area contributed by atoms with Gasteiger partial charge in [-0.15, -0.1) is 11.8 Å². The number of hydrogen-bond acceptors (Lipinski definition) is 5. The molecule has 23 heavy (non-hydrogen) atoms. The molecule has 2 heterocycles. The maximum Gasteiger partial charge on any atom is 0.268 e. The second kappa shape index (κ2) is 7.51. The molecular formula is C16H17FN2O2S2. The average Bonchev–Trinajstić information content (AvgIpc) is 3.02. The van der Waals surface area contributed by atoms with E-state index < -0.39 is 0 Å². The van der Waals surface area contributed by atoms with Gasteiger partial charge >= 0.3 is 0 Å². The fourth-order valence-electron chi connectivity index (χ4n) is 2.34. The fraction of sp³-hybridized carbons (Fsp3) is 0.375. The molecule has 1 aromatic heterocycles. The molecule has 0 amide bonds. The molecule has 0 spiro atoms. The van der Waals surface area contributed by atoms with Crippen LogP contribution in [0.1, 0.15) is 11.3 Å². The first-order valence-corrected chi connectivity index (χ1v) is 9.29. The van der Waals surface area contributed by atoms with Gasteiger partial charge in [0.15, 0.2) is 5.16 Å². The van der Waals surface area contributed by atoms with Crippen LogP contribution < -0.4 is 5.56 Å². The molecule has 1 aliphatic heterocycles. The van der Waals surface area contributed by atoms with Gasteiger partial charge in [0.2, 0.25) is 0 Å². The van der Waals surface area contributed by atoms with Crippen LogP contribution in [0.25, 0.3) is 0 Å². The summed E-state index contributed by atoms with van der Waals surface area (Å²) < 4.78 is 19.8. The molecule has 7 heteroatoms. The molecular weight excluding hydrogens is 335 g/mol. The van der Waals surface area contributed by atoms with Crippen LogP contribution in [-0.2, 0) is 23.5 Å². The second-order valence-corrected chi connectivity index (χ2v) is 7.18. The van der Waals surface area contributed by atoms with Gasteiger partial charge in [0.25, 0.3) is 5.56 Å². The third-order valence-electron chi connectivity index (χ3n) is 3.55. The van der Waals surface area contributed by atoms with E-state index >= 15 is 0 Å². The van der Waals surface area contributed by atoms with Gasteiger partial charge in [-0.3, -0.25) is 9.36 Å². The van der Waals surface area contributed by atoms with E-state index in [4.69, 9.17) is 4.74 Å². The van der Waals surface area contributed by atoms with Crippen molar-refractivity contribution >= 4 is 23.5 Å². The first-order valence-electron chi connectivity index (χ1n) is 7.31. The molecule has 0 N–H and O–H groups in total. The molecule has 1 aliphatic rings. The maximum atomic E-state index is 13.0. The van der Waals surface area contributed by atoms with Crippen LogP contribution >= 0.6 is 23.5 Å². The van der Waals surface area contributed by atoms with Crippen LogP contribution in [0.3, 0.4) is 0 Å². The molecule has 0 aliphatic carbocycles. The SMILES string of the molecule is COCCn1c(SCc2ccc(F)cc2)nc2c(c1=O)SCC2. The maximum absolute atomic E-state index is 13.0. The minimum Gasteiger partial charge on any atom is -0.383 e. The van der Waals surface area contributed by atoms with E-state index in [0.29, 0.717) is 24.1 Å². The average molecular weight is 352 g/mol. The predicted octanol–water partition coefficient (Wildman–Crippen LogP) is 2.97. The van der Waals surface area contributed by atoms with E-state index in [1.165, 1.54) is 23.9 Å². The lowest BCUT2D eigenvalue weighted by atomic mass is 10.2. The van der Waals surface area contributed by atoms with Crippen molar-refractivity contribution < 1.29 is 9.13 Å². The monoisotopic (exact) mass is 352 g/mol. The first kappa shape index (κ1) is 16.5. The Morgan fingerprint density at radius 3 is 2.91 bits per heavy atom. The van der Waals surface area contributed by atoms with Crippen LogP contribution in [0.15, 0.2) is 39.1 Å². The van der Waals surface area contributed by atoms with E-state index in [9.17, 15) is 9.18 Å². The zero-order valence-electron chi connectivity index (χ0n) is 12.8. The molecule has 0 saturated carbocycles. The van der Waals surface area contributed by atoms with Gasteiger partial charge in [0.05, 0.1) is 23.7 Å². The third-order valence-corrected chi connectivity index (χ3v) is 5.70. The topological polar surface area (TPSA) is 44.1 Å². The number of thioether (sulfide) groups is 2. The van der Waals surface area contributed by atoms with Crippen molar-refractivity contribution in [3.63, 3.8) is 0 Å². The number of ether oxygens (including phenoxy) is 1. The van der Waals surface area contributed by atoms with Crippen molar-refractivity contribution in [3.8, 4) is 0 Å². The van der Waals surface area contributed by atoms with Crippen molar-refractivity contribution in [3.05, 3.63) is 51.7 Å². The normalized spacial score (nSPS) is 13.3. The van der Waals surface area contributed by atoms with Gasteiger partial charge < -0.3 is 4.74 Å². The highest BCUT2D eigenvalue weighted by Gasteiger charge is 2.21. The third kappa shape index (κ3) is 3.79. The minimum absolute atomic E-state index is 0.0242. The van der Waals surface area contributed by atoms with Gasteiger partial charge in [-0.25, -0.2) is 9.37 Å². The highest BCUT2D eigenvalue weighted by Crippen LogP contribution is 2.29. The summed E-state index contributed by atoms with van der Waals surface area (Å²) in [7, 11) is 1.62. The molecule has 0 unspecified atom stereocenters. The summed E-state index contributed by atoms with van der Waals surface area (Å²) in [6.07, 6.45) is 0.838. The van der Waals surface area contributed by atoms with E-state index in [-0.39, 0.29) is 11.4 Å². The van der Waals surface area contributed by atoms with Crippen LogP contribution in [0.4, 0.5) is 4.39 Å². The zero-order chi connectivity index (χ0) is 16.2. The van der Waals surface area contributed by atoms with Crippen molar-refractivity contribution in [1.82, 2.24) is 9.55 Å². The van der Waals surface area contributed by atoms with Crippen LogP contribution in [0, 0.1) is 5.82 Å². The Morgan fingerprint density at radius 2 is 2.17 bits per heavy atom. The number of methoxy groups -OCH3 is 1. The molecule has 0 saturated heterocycles. The van der Waals surface area contributed by atoms with Gasteiger partial charge in [-0.2, -0.15) is 0 Å². The van der Waals surface area contributed by atoms with Crippen molar-refractivity contribution in [2.24, 2.45) is 0 Å². The summed E-state index contributed by atoms with van der Waals surface area (Å²) >= 11 is 3.08. The van der Waals surface area contributed by atoms with Crippen LogP contribution in [0.2, 0.25) is 0 Å². The summed E-state index contributed by atoms with van der Waals surface area (Å²) in [5, 5.41) is 0.706. The summed E-state index contributed by atoms with van der Waals surface area (Å²) in [6, 6.07) is 6.40. The van der Waals surface area contributed by atoms with Crippen LogP contribution in [-0.4, -0.2) is 29.0 Å². The highest BCUT2D eigenvalue weighted by molar-refractivity contribution is 7.99. The first-order chi connectivity index (χ1) is 11.2. The lowest BCUT2D eigenvalue weighted by Gasteiger charge is -2.13. The number of rotatable bonds is 6. The zero-order valence-corrected chi connectivity index (χ0v) is 14.4. The lowest BCUT2D eigenvalue weighted by Crippen LogP contribution is -2.27. The number of aromatic nitrogens is 2. The number of aryl methyl sites for hydroxylation is 1. The standard InChI is InChI=1S/C16H17FN2O2S2/c1-21-8-7-19-15(20)14-13(6-9-22-14)18-16(19)23-10-11-2-4-12(17)5-3-11/h2-5H,6-10H2,1H3. The Bertz CT molecular complexity index is 747. The number of nitrogens with zero attached hydrogens (tertiary/aromatic N) is 2. The van der Waals surface area contributed by atoms with Gasteiger partial charge in [-0.05, 0) is 17.7 Å². The van der Waals surface area contributed by atoms with Crippen molar-refractivity contribution in [2.75, 3.05) is 19.5 Å². The van der Waals surface area contributed by atoms with E-state index in [0.717, 1.165) is 28.3 Å².